The van der Waals surface area contributed by atoms with Gasteiger partial charge in [0.2, 0.25) is 5.13 Å². The fourth-order valence-electron chi connectivity index (χ4n) is 4.57. The molecule has 0 radical (unpaired) electrons. The minimum Gasteiger partial charge on any atom is -0.496 e. The van der Waals surface area contributed by atoms with Crippen LogP contribution in [0, 0.1) is 0 Å². The van der Waals surface area contributed by atoms with Crippen LogP contribution in [0.4, 0.5) is 5.13 Å². The van der Waals surface area contributed by atoms with Gasteiger partial charge in [0.1, 0.15) is 5.75 Å². The number of aromatic nitrogens is 2. The van der Waals surface area contributed by atoms with Crippen molar-refractivity contribution < 1.29 is 4.74 Å². The van der Waals surface area contributed by atoms with Gasteiger partial charge in [0, 0.05) is 49.2 Å². The number of hydrogen-bond donors (Lipinski definition) is 2. The lowest BCUT2D eigenvalue weighted by molar-refractivity contribution is 0.161. The number of rotatable bonds is 6. The zero-order valence-electron chi connectivity index (χ0n) is 19.6. The van der Waals surface area contributed by atoms with Crippen LogP contribution in [0.2, 0.25) is 0 Å². The van der Waals surface area contributed by atoms with E-state index >= 15 is 0 Å². The molecule has 1 aliphatic rings. The van der Waals surface area contributed by atoms with Gasteiger partial charge in [-0.1, -0.05) is 17.4 Å². The Morgan fingerprint density at radius 2 is 1.94 bits per heavy atom. The fourth-order valence-corrected chi connectivity index (χ4v) is 5.47. The number of ether oxygens (including phenoxy) is 1. The van der Waals surface area contributed by atoms with Crippen molar-refractivity contribution in [2.24, 2.45) is 10.7 Å². The molecule has 1 aromatic heterocycles. The Labute approximate surface area is 189 Å². The number of nitrogens with two attached hydrogens (primary N) is 1. The minimum atomic E-state index is 0.0727. The molecule has 7 nitrogen and oxygen atoms in total. The van der Waals surface area contributed by atoms with E-state index in [0.717, 1.165) is 45.4 Å². The number of allylic oxidation sites excluding steroid dienone is 1. The molecule has 31 heavy (non-hydrogen) atoms. The van der Waals surface area contributed by atoms with Gasteiger partial charge >= 0.3 is 0 Å². The second kappa shape index (κ2) is 8.96. The van der Waals surface area contributed by atoms with E-state index < -0.39 is 0 Å². The third-order valence-electron chi connectivity index (χ3n) is 5.65. The van der Waals surface area contributed by atoms with Crippen molar-refractivity contribution in [2.75, 3.05) is 26.1 Å². The first-order valence-corrected chi connectivity index (χ1v) is 11.3. The molecule has 0 aliphatic carbocycles. The summed E-state index contributed by atoms with van der Waals surface area (Å²) < 4.78 is 5.66. The first-order chi connectivity index (χ1) is 14.6. The molecule has 0 atom stereocenters. The van der Waals surface area contributed by atoms with E-state index in [2.05, 4.69) is 60.1 Å². The van der Waals surface area contributed by atoms with E-state index in [9.17, 15) is 0 Å². The normalized spacial score (nSPS) is 19.0. The summed E-state index contributed by atoms with van der Waals surface area (Å²) in [7, 11) is 5.50. The number of methoxy groups -OCH3 is 1. The van der Waals surface area contributed by atoms with Gasteiger partial charge in [-0.3, -0.25) is 4.99 Å². The van der Waals surface area contributed by atoms with Crippen molar-refractivity contribution >= 4 is 28.3 Å². The van der Waals surface area contributed by atoms with Crippen molar-refractivity contribution in [3.05, 3.63) is 30.0 Å². The van der Waals surface area contributed by atoms with Crippen molar-refractivity contribution in [1.29, 1.82) is 0 Å². The minimum absolute atomic E-state index is 0.0727. The summed E-state index contributed by atoms with van der Waals surface area (Å²) in [6.45, 7) is 9.06. The topological polar surface area (TPSA) is 88.7 Å². The van der Waals surface area contributed by atoms with Gasteiger partial charge in [-0.05, 0) is 58.2 Å². The van der Waals surface area contributed by atoms with Crippen LogP contribution in [0.15, 0.2) is 29.4 Å². The molecule has 1 fully saturated rings. The SMILES string of the molecule is CN=CC(=CN)c1ccc(-c2nnc(N(C)C3CC(C)(C)NC(C)(C)C3)s2)c(OC)c1. The van der Waals surface area contributed by atoms with Gasteiger partial charge < -0.3 is 20.7 Å². The molecule has 3 N–H and O–H groups in total. The standard InChI is InChI=1S/C23H34N6OS/c1-22(2)11-17(12-23(3,4)28-22)29(6)21-27-26-20(31-21)18-9-8-15(10-19(18)30-7)16(13-24)14-25-5/h8-10,13-14,17,28H,11-12,24H2,1-7H3. The molecular weight excluding hydrogens is 408 g/mol. The summed E-state index contributed by atoms with van der Waals surface area (Å²) in [5.41, 5.74) is 8.59. The lowest BCUT2D eigenvalue weighted by Gasteiger charge is -2.48. The van der Waals surface area contributed by atoms with Crippen molar-refractivity contribution in [3.63, 3.8) is 0 Å². The Morgan fingerprint density at radius 3 is 2.52 bits per heavy atom. The predicted octanol–water partition coefficient (Wildman–Crippen LogP) is 3.96. The van der Waals surface area contributed by atoms with Crippen LogP contribution in [-0.2, 0) is 0 Å². The zero-order chi connectivity index (χ0) is 22.8. The van der Waals surface area contributed by atoms with Gasteiger partial charge in [0.05, 0.1) is 12.7 Å². The molecule has 168 valence electrons. The molecule has 0 saturated carbocycles. The molecular formula is C23H34N6OS. The van der Waals surface area contributed by atoms with E-state index in [4.69, 9.17) is 10.5 Å². The molecule has 1 saturated heterocycles. The van der Waals surface area contributed by atoms with Crippen molar-refractivity contribution in [2.45, 2.75) is 57.7 Å². The Kier molecular flexibility index (Phi) is 6.71. The van der Waals surface area contributed by atoms with Gasteiger partial charge in [0.25, 0.3) is 0 Å². The van der Waals surface area contributed by atoms with Crippen LogP contribution in [-0.4, -0.2) is 54.7 Å². The molecule has 2 heterocycles. The maximum Gasteiger partial charge on any atom is 0.208 e. The number of aliphatic imine (C=N–C) groups is 1. The first kappa shape index (κ1) is 23.2. The fraction of sp³-hybridized carbons (Fsp3) is 0.522. The summed E-state index contributed by atoms with van der Waals surface area (Å²) in [6.07, 6.45) is 5.37. The van der Waals surface area contributed by atoms with Gasteiger partial charge in [0.15, 0.2) is 5.01 Å². The Balaban J connectivity index is 1.88. The Bertz CT molecular complexity index is 962. The molecule has 8 heteroatoms. The molecule has 1 aliphatic heterocycles. The molecule has 0 bridgehead atoms. The third-order valence-corrected chi connectivity index (χ3v) is 6.69. The average Bonchev–Trinajstić information content (AvgIpc) is 3.18. The van der Waals surface area contributed by atoms with E-state index in [1.165, 1.54) is 0 Å². The second-order valence-corrected chi connectivity index (χ2v) is 10.3. The van der Waals surface area contributed by atoms with E-state index in [1.807, 2.05) is 18.2 Å². The number of nitrogens with zero attached hydrogens (tertiary/aromatic N) is 4. The highest BCUT2D eigenvalue weighted by atomic mass is 32.1. The molecule has 3 rings (SSSR count). The molecule has 1 aromatic carbocycles. The number of hydrogen-bond acceptors (Lipinski definition) is 8. The summed E-state index contributed by atoms with van der Waals surface area (Å²) in [5.74, 6) is 0.732. The van der Waals surface area contributed by atoms with Gasteiger partial charge in [-0.15, -0.1) is 10.2 Å². The number of anilines is 1. The van der Waals surface area contributed by atoms with E-state index in [1.54, 1.807) is 37.9 Å². The van der Waals surface area contributed by atoms with Crippen LogP contribution in [0.5, 0.6) is 5.75 Å². The van der Waals surface area contributed by atoms with Crippen molar-refractivity contribution in [1.82, 2.24) is 15.5 Å². The lowest BCUT2D eigenvalue weighted by atomic mass is 9.79. The Hall–Kier alpha value is -2.45. The van der Waals surface area contributed by atoms with Crippen LogP contribution < -0.4 is 20.7 Å². The van der Waals surface area contributed by atoms with Gasteiger partial charge in [-0.2, -0.15) is 0 Å². The van der Waals surface area contributed by atoms with Crippen LogP contribution >= 0.6 is 11.3 Å². The van der Waals surface area contributed by atoms with E-state index in [0.29, 0.717) is 6.04 Å². The number of nitrogens with one attached hydrogen (secondary N) is 1. The average molecular weight is 443 g/mol. The summed E-state index contributed by atoms with van der Waals surface area (Å²) in [4.78, 5) is 6.34. The molecule has 0 amide bonds. The highest BCUT2D eigenvalue weighted by Gasteiger charge is 2.39. The van der Waals surface area contributed by atoms with Crippen LogP contribution in [0.25, 0.3) is 16.1 Å². The zero-order valence-corrected chi connectivity index (χ0v) is 20.4. The lowest BCUT2D eigenvalue weighted by Crippen LogP contribution is -2.61. The second-order valence-electron chi connectivity index (χ2n) is 9.38. The predicted molar refractivity (Wildman–Crippen MR) is 131 cm³/mol. The van der Waals surface area contributed by atoms with Crippen molar-refractivity contribution in [3.8, 4) is 16.3 Å². The molecule has 0 unspecified atom stereocenters. The maximum absolute atomic E-state index is 5.75. The quantitative estimate of drug-likeness (QED) is 0.659. The maximum atomic E-state index is 5.75. The summed E-state index contributed by atoms with van der Waals surface area (Å²) >= 11 is 1.59. The number of benzene rings is 1. The van der Waals surface area contributed by atoms with E-state index in [-0.39, 0.29) is 11.1 Å². The highest BCUT2D eigenvalue weighted by molar-refractivity contribution is 7.18. The Morgan fingerprint density at radius 1 is 1.26 bits per heavy atom. The monoisotopic (exact) mass is 442 g/mol. The van der Waals surface area contributed by atoms with Crippen LogP contribution in [0.1, 0.15) is 46.1 Å². The highest BCUT2D eigenvalue weighted by Crippen LogP contribution is 2.38. The van der Waals surface area contributed by atoms with Crippen LogP contribution in [0.3, 0.4) is 0 Å². The molecule has 2 aromatic rings. The first-order valence-electron chi connectivity index (χ1n) is 10.5. The third kappa shape index (κ3) is 5.25. The molecule has 0 spiro atoms. The summed E-state index contributed by atoms with van der Waals surface area (Å²) in [6, 6.07) is 6.35. The van der Waals surface area contributed by atoms with Gasteiger partial charge in [-0.25, -0.2) is 0 Å². The smallest absolute Gasteiger partial charge is 0.208 e. The largest absolute Gasteiger partial charge is 0.496 e. The number of piperidine rings is 1. The summed E-state index contributed by atoms with van der Waals surface area (Å²) in [5, 5.41) is 14.5.